The smallest absolute Gasteiger partial charge is 0.286 e. The molecule has 1 unspecified atom stereocenters. The first-order valence-corrected chi connectivity index (χ1v) is 8.79. The molecule has 2 rings (SSSR count). The van der Waals surface area contributed by atoms with Gasteiger partial charge in [-0.2, -0.15) is 0 Å². The molecule has 1 aromatic heterocycles. The Balaban J connectivity index is 1.86. The largest absolute Gasteiger partial charge is 0.354 e. The van der Waals surface area contributed by atoms with Crippen LogP contribution in [-0.2, 0) is 11.2 Å². The molecule has 0 bridgehead atoms. The van der Waals surface area contributed by atoms with Crippen LogP contribution in [0, 0.1) is 6.92 Å². The Morgan fingerprint density at radius 1 is 1.21 bits per heavy atom. The molecule has 0 aliphatic carbocycles. The van der Waals surface area contributed by atoms with E-state index in [4.69, 9.17) is 0 Å². The number of rotatable bonds is 7. The van der Waals surface area contributed by atoms with Gasteiger partial charge in [0.25, 0.3) is 5.91 Å². The lowest BCUT2D eigenvalue weighted by Gasteiger charge is -2.10. The summed E-state index contributed by atoms with van der Waals surface area (Å²) in [5.41, 5.74) is 1.84. The fraction of sp³-hybridized carbons (Fsp3) is 0.412. The van der Waals surface area contributed by atoms with Crippen LogP contribution in [0.5, 0.6) is 0 Å². The molecule has 2 N–H and O–H groups in total. The second-order valence-electron chi connectivity index (χ2n) is 5.70. The number of amides is 2. The molecule has 24 heavy (non-hydrogen) atoms. The van der Waals surface area contributed by atoms with Crippen LogP contribution < -0.4 is 10.6 Å². The van der Waals surface area contributed by atoms with E-state index in [9.17, 15) is 9.59 Å². The summed E-state index contributed by atoms with van der Waals surface area (Å²) in [4.78, 5) is 23.9. The van der Waals surface area contributed by atoms with E-state index in [0.29, 0.717) is 22.9 Å². The summed E-state index contributed by atoms with van der Waals surface area (Å²) in [6, 6.07) is 7.71. The van der Waals surface area contributed by atoms with Gasteiger partial charge in [-0.05, 0) is 32.4 Å². The highest BCUT2D eigenvalue weighted by Crippen LogP contribution is 2.15. The van der Waals surface area contributed by atoms with Crippen molar-refractivity contribution in [1.29, 1.82) is 0 Å². The summed E-state index contributed by atoms with van der Waals surface area (Å²) < 4.78 is 0. The number of benzene rings is 1. The zero-order valence-electron chi connectivity index (χ0n) is 14.1. The monoisotopic (exact) mass is 346 g/mol. The van der Waals surface area contributed by atoms with Crippen LogP contribution >= 0.6 is 11.3 Å². The van der Waals surface area contributed by atoms with Crippen molar-refractivity contribution in [3.8, 4) is 0 Å². The minimum atomic E-state index is -0.286. The average molecular weight is 346 g/mol. The van der Waals surface area contributed by atoms with Crippen LogP contribution in [0.4, 0.5) is 5.69 Å². The number of carbonyl (C=O) groups excluding carboxylic acids is 2. The predicted molar refractivity (Wildman–Crippen MR) is 95.3 cm³/mol. The van der Waals surface area contributed by atoms with E-state index in [1.807, 2.05) is 45.0 Å². The predicted octanol–water partition coefficient (Wildman–Crippen LogP) is 2.95. The van der Waals surface area contributed by atoms with Gasteiger partial charge in [0.15, 0.2) is 0 Å². The maximum atomic E-state index is 12.2. The molecule has 0 saturated carbocycles. The number of nitrogens with one attached hydrogen (secondary N) is 2. The van der Waals surface area contributed by atoms with E-state index in [2.05, 4.69) is 20.8 Å². The second kappa shape index (κ2) is 8.54. The van der Waals surface area contributed by atoms with E-state index in [1.54, 1.807) is 0 Å². The summed E-state index contributed by atoms with van der Waals surface area (Å²) in [5.74, 6) is -0.295. The molecule has 1 heterocycles. The van der Waals surface area contributed by atoms with Crippen molar-refractivity contribution >= 4 is 28.8 Å². The Morgan fingerprint density at radius 2 is 1.92 bits per heavy atom. The molecule has 0 saturated heterocycles. The molecule has 2 amide bonds. The highest BCUT2D eigenvalue weighted by Gasteiger charge is 2.14. The molecular formula is C17H22N4O2S. The summed E-state index contributed by atoms with van der Waals surface area (Å²) in [7, 11) is 0. The van der Waals surface area contributed by atoms with Crippen LogP contribution in [0.15, 0.2) is 24.3 Å². The van der Waals surface area contributed by atoms with Crippen molar-refractivity contribution in [1.82, 2.24) is 15.5 Å². The quantitative estimate of drug-likeness (QED) is 0.807. The van der Waals surface area contributed by atoms with Gasteiger partial charge < -0.3 is 10.6 Å². The minimum Gasteiger partial charge on any atom is -0.354 e. The third kappa shape index (κ3) is 5.42. The molecule has 0 fully saturated rings. The lowest BCUT2D eigenvalue weighted by atomic mass is 10.2. The Hall–Kier alpha value is -2.28. The van der Waals surface area contributed by atoms with Crippen molar-refractivity contribution in [2.75, 3.05) is 5.32 Å². The summed E-state index contributed by atoms with van der Waals surface area (Å²) in [5, 5.41) is 14.6. The van der Waals surface area contributed by atoms with Crippen molar-refractivity contribution in [2.45, 2.75) is 46.1 Å². The fourth-order valence-corrected chi connectivity index (χ4v) is 2.67. The van der Waals surface area contributed by atoms with Crippen LogP contribution in [0.3, 0.4) is 0 Å². The summed E-state index contributed by atoms with van der Waals surface area (Å²) in [6.07, 6.45) is 1.73. The van der Waals surface area contributed by atoms with Gasteiger partial charge in [0.1, 0.15) is 5.01 Å². The normalized spacial score (nSPS) is 11.8. The number of aryl methyl sites for hydroxylation is 2. The van der Waals surface area contributed by atoms with E-state index in [1.165, 1.54) is 11.3 Å². The van der Waals surface area contributed by atoms with Crippen molar-refractivity contribution in [2.24, 2.45) is 0 Å². The Labute approximate surface area is 145 Å². The maximum Gasteiger partial charge on any atom is 0.286 e. The van der Waals surface area contributed by atoms with Gasteiger partial charge in [-0.25, -0.2) is 0 Å². The van der Waals surface area contributed by atoms with E-state index in [-0.39, 0.29) is 17.9 Å². The number of anilines is 1. The Morgan fingerprint density at radius 3 is 2.58 bits per heavy atom. The molecule has 7 heteroatoms. The zero-order valence-corrected chi connectivity index (χ0v) is 14.9. The van der Waals surface area contributed by atoms with E-state index < -0.39 is 0 Å². The lowest BCUT2D eigenvalue weighted by molar-refractivity contribution is -0.121. The molecule has 1 atom stereocenters. The molecule has 0 radical (unpaired) electrons. The molecular weight excluding hydrogens is 324 g/mol. The van der Waals surface area contributed by atoms with Crippen LogP contribution in [0.25, 0.3) is 0 Å². The first-order chi connectivity index (χ1) is 11.5. The lowest BCUT2D eigenvalue weighted by Crippen LogP contribution is -2.31. The third-order valence-electron chi connectivity index (χ3n) is 3.56. The van der Waals surface area contributed by atoms with Gasteiger partial charge in [0.2, 0.25) is 10.9 Å². The van der Waals surface area contributed by atoms with E-state index >= 15 is 0 Å². The molecule has 0 aliphatic heterocycles. The number of hydrogen-bond donors (Lipinski definition) is 2. The van der Waals surface area contributed by atoms with Gasteiger partial charge in [0, 0.05) is 24.6 Å². The standard InChI is InChI=1S/C17H22N4O2S/c1-4-12(3)18-14(22)9-10-15-20-21-17(24-15)16(23)19-13-7-5-11(2)6-8-13/h5-8,12H,4,9-10H2,1-3H3,(H,18,22)(H,19,23). The van der Waals surface area contributed by atoms with Gasteiger partial charge in [-0.1, -0.05) is 36.0 Å². The third-order valence-corrected chi connectivity index (χ3v) is 4.54. The van der Waals surface area contributed by atoms with Crippen molar-refractivity contribution in [3.63, 3.8) is 0 Å². The number of hydrogen-bond acceptors (Lipinski definition) is 5. The highest BCUT2D eigenvalue weighted by molar-refractivity contribution is 7.13. The molecule has 1 aromatic carbocycles. The second-order valence-corrected chi connectivity index (χ2v) is 6.76. The molecule has 0 spiro atoms. The van der Waals surface area contributed by atoms with E-state index in [0.717, 1.165) is 17.7 Å². The topological polar surface area (TPSA) is 84.0 Å². The van der Waals surface area contributed by atoms with Gasteiger partial charge >= 0.3 is 0 Å². The number of nitrogens with zero attached hydrogens (tertiary/aromatic N) is 2. The summed E-state index contributed by atoms with van der Waals surface area (Å²) in [6.45, 7) is 5.98. The molecule has 128 valence electrons. The molecule has 2 aromatic rings. The highest BCUT2D eigenvalue weighted by atomic mass is 32.1. The first kappa shape index (κ1) is 18.1. The SMILES string of the molecule is CCC(C)NC(=O)CCc1nnc(C(=O)Nc2ccc(C)cc2)s1. The van der Waals surface area contributed by atoms with Crippen molar-refractivity contribution in [3.05, 3.63) is 39.8 Å². The Bertz CT molecular complexity index is 697. The van der Waals surface area contributed by atoms with Crippen LogP contribution in [0.2, 0.25) is 0 Å². The average Bonchev–Trinajstić information content (AvgIpc) is 3.04. The zero-order chi connectivity index (χ0) is 17.5. The van der Waals surface area contributed by atoms with Crippen LogP contribution in [-0.4, -0.2) is 28.1 Å². The Kier molecular flexibility index (Phi) is 6.43. The van der Waals surface area contributed by atoms with Crippen LogP contribution in [0.1, 0.15) is 47.1 Å². The van der Waals surface area contributed by atoms with Gasteiger partial charge in [-0.15, -0.1) is 10.2 Å². The molecule has 6 nitrogen and oxygen atoms in total. The van der Waals surface area contributed by atoms with Gasteiger partial charge in [-0.3, -0.25) is 9.59 Å². The number of carbonyl (C=O) groups is 2. The van der Waals surface area contributed by atoms with Crippen molar-refractivity contribution < 1.29 is 9.59 Å². The first-order valence-electron chi connectivity index (χ1n) is 7.97. The minimum absolute atomic E-state index is 0.00907. The number of aromatic nitrogens is 2. The fourth-order valence-electron chi connectivity index (χ4n) is 1.94. The summed E-state index contributed by atoms with van der Waals surface area (Å²) >= 11 is 1.22. The maximum absolute atomic E-state index is 12.2. The molecule has 0 aliphatic rings. The van der Waals surface area contributed by atoms with Gasteiger partial charge in [0.05, 0.1) is 0 Å².